The molecule has 6 heteroatoms. The van der Waals surface area contributed by atoms with Crippen LogP contribution in [0.4, 0.5) is 11.4 Å². The molecule has 0 spiro atoms. The first-order valence-electron chi connectivity index (χ1n) is 7.74. The summed E-state index contributed by atoms with van der Waals surface area (Å²) in [6.45, 7) is 2.63. The third-order valence-corrected chi connectivity index (χ3v) is 4.76. The maximum absolute atomic E-state index is 9.66. The van der Waals surface area contributed by atoms with Crippen LogP contribution in [-0.4, -0.2) is 39.7 Å². The van der Waals surface area contributed by atoms with E-state index in [-0.39, 0.29) is 12.4 Å². The number of phenolic OH excluding ortho intramolecular Hbond substituents is 1. The number of hydrogen-bond acceptors (Lipinski definition) is 5. The van der Waals surface area contributed by atoms with E-state index >= 15 is 0 Å². The van der Waals surface area contributed by atoms with Gasteiger partial charge < -0.3 is 20.8 Å². The number of aliphatic hydroxyl groups is 1. The highest BCUT2D eigenvalue weighted by molar-refractivity contribution is 5.82. The smallest absolute Gasteiger partial charge is 0.138 e. The van der Waals surface area contributed by atoms with E-state index in [1.54, 1.807) is 12.1 Å². The number of aromatic nitrogens is 2. The van der Waals surface area contributed by atoms with E-state index in [1.807, 2.05) is 10.7 Å². The molecule has 4 heterocycles. The minimum atomic E-state index is 0.0474. The van der Waals surface area contributed by atoms with Crippen LogP contribution in [0.3, 0.4) is 0 Å². The normalized spacial score (nSPS) is 17.0. The molecule has 4 N–H and O–H groups in total. The van der Waals surface area contributed by atoms with Crippen molar-refractivity contribution in [3.8, 4) is 17.0 Å². The maximum Gasteiger partial charge on any atom is 0.138 e. The van der Waals surface area contributed by atoms with Gasteiger partial charge in [0.25, 0.3) is 0 Å². The summed E-state index contributed by atoms with van der Waals surface area (Å²) in [6.07, 6.45) is 2.31. The fraction of sp³-hybridized carbons (Fsp3) is 0.438. The van der Waals surface area contributed by atoms with Gasteiger partial charge in [-0.2, -0.15) is 5.10 Å². The summed E-state index contributed by atoms with van der Waals surface area (Å²) >= 11 is 0. The van der Waals surface area contributed by atoms with Gasteiger partial charge in [-0.3, -0.25) is 4.68 Å². The van der Waals surface area contributed by atoms with Gasteiger partial charge in [0, 0.05) is 24.6 Å². The molecule has 6 nitrogen and oxygen atoms in total. The molecule has 1 fully saturated rings. The van der Waals surface area contributed by atoms with Gasteiger partial charge in [-0.05, 0) is 31.0 Å². The fourth-order valence-corrected chi connectivity index (χ4v) is 3.68. The van der Waals surface area contributed by atoms with Gasteiger partial charge in [-0.25, -0.2) is 0 Å². The number of nitrogens with zero attached hydrogens (tertiary/aromatic N) is 3. The van der Waals surface area contributed by atoms with Gasteiger partial charge in [0.05, 0.1) is 35.9 Å². The van der Waals surface area contributed by atoms with E-state index in [2.05, 4.69) is 4.90 Å². The van der Waals surface area contributed by atoms with Gasteiger partial charge in [-0.1, -0.05) is 0 Å². The lowest BCUT2D eigenvalue weighted by molar-refractivity contribution is 0.269. The van der Waals surface area contributed by atoms with Gasteiger partial charge in [-0.15, -0.1) is 0 Å². The summed E-state index contributed by atoms with van der Waals surface area (Å²) in [5.41, 5.74) is 10.5. The van der Waals surface area contributed by atoms with Crippen LogP contribution < -0.4 is 10.6 Å². The molecule has 0 aliphatic carbocycles. The topological polar surface area (TPSA) is 87.5 Å². The van der Waals surface area contributed by atoms with Crippen LogP contribution in [-0.2, 0) is 6.54 Å². The van der Waals surface area contributed by atoms with Gasteiger partial charge in [0.15, 0.2) is 0 Å². The van der Waals surface area contributed by atoms with Crippen LogP contribution in [0, 0.1) is 0 Å². The molecule has 1 aromatic carbocycles. The van der Waals surface area contributed by atoms with Crippen molar-refractivity contribution in [3.63, 3.8) is 0 Å². The zero-order chi connectivity index (χ0) is 15.3. The van der Waals surface area contributed by atoms with Crippen LogP contribution in [0.15, 0.2) is 18.2 Å². The average molecular weight is 300 g/mol. The predicted octanol–water partition coefficient (Wildman–Crippen LogP) is 1.53. The molecule has 0 unspecified atom stereocenters. The quantitative estimate of drug-likeness (QED) is 0.591. The Bertz CT molecular complexity index is 717. The van der Waals surface area contributed by atoms with Crippen LogP contribution in [0.1, 0.15) is 24.5 Å². The van der Waals surface area contributed by atoms with E-state index in [9.17, 15) is 10.2 Å². The SMILES string of the molecule is Nc1cc(-c2c3c(nn2CCO)C2CCN3CC2)ccc1O. The second kappa shape index (κ2) is 4.91. The van der Waals surface area contributed by atoms with Crippen molar-refractivity contribution in [2.24, 2.45) is 0 Å². The zero-order valence-corrected chi connectivity index (χ0v) is 12.4. The lowest BCUT2D eigenvalue weighted by atomic mass is 9.86. The number of nitrogen functional groups attached to an aromatic ring is 1. The van der Waals surface area contributed by atoms with Crippen molar-refractivity contribution in [2.75, 3.05) is 30.3 Å². The van der Waals surface area contributed by atoms with Crippen molar-refractivity contribution in [3.05, 3.63) is 23.9 Å². The van der Waals surface area contributed by atoms with Crippen molar-refractivity contribution >= 4 is 11.4 Å². The molecule has 5 rings (SSSR count). The lowest BCUT2D eigenvalue weighted by Crippen LogP contribution is -2.38. The Labute approximate surface area is 128 Å². The number of piperidine rings is 1. The predicted molar refractivity (Wildman–Crippen MR) is 85.0 cm³/mol. The molecule has 22 heavy (non-hydrogen) atoms. The molecule has 3 aliphatic heterocycles. The van der Waals surface area contributed by atoms with E-state index < -0.39 is 0 Å². The standard InChI is InChI=1S/C16H20N4O2/c17-12-9-11(1-2-13(12)22)15-16-14(18-20(15)7-8-21)10-3-5-19(16)6-4-10/h1-2,9-10,21-22H,3-8,17H2. The molecule has 1 aromatic heterocycles. The van der Waals surface area contributed by atoms with E-state index in [0.29, 0.717) is 18.2 Å². The number of fused-ring (bicyclic) bond motifs is 2. The molecule has 0 saturated carbocycles. The molecular weight excluding hydrogens is 280 g/mol. The number of phenols is 1. The highest BCUT2D eigenvalue weighted by atomic mass is 16.3. The zero-order valence-electron chi connectivity index (χ0n) is 12.4. The molecule has 3 aliphatic rings. The molecular formula is C16H20N4O2. The third-order valence-electron chi connectivity index (χ3n) is 4.76. The number of rotatable bonds is 3. The second-order valence-electron chi connectivity index (χ2n) is 6.06. The summed E-state index contributed by atoms with van der Waals surface area (Å²) in [7, 11) is 0. The van der Waals surface area contributed by atoms with Crippen molar-refractivity contribution in [1.82, 2.24) is 9.78 Å². The fourth-order valence-electron chi connectivity index (χ4n) is 3.68. The van der Waals surface area contributed by atoms with Gasteiger partial charge in [0.2, 0.25) is 0 Å². The summed E-state index contributed by atoms with van der Waals surface area (Å²) < 4.78 is 1.88. The summed E-state index contributed by atoms with van der Waals surface area (Å²) in [5.74, 6) is 0.612. The Morgan fingerprint density at radius 2 is 2.05 bits per heavy atom. The summed E-state index contributed by atoms with van der Waals surface area (Å²) in [4.78, 5) is 2.38. The number of hydrogen-bond donors (Lipinski definition) is 3. The number of aliphatic hydroxyl groups excluding tert-OH is 1. The monoisotopic (exact) mass is 300 g/mol. The van der Waals surface area contributed by atoms with E-state index in [1.165, 1.54) is 5.69 Å². The first-order valence-corrected chi connectivity index (χ1v) is 7.74. The van der Waals surface area contributed by atoms with Crippen LogP contribution >= 0.6 is 0 Å². The van der Waals surface area contributed by atoms with Crippen molar-refractivity contribution < 1.29 is 10.2 Å². The Morgan fingerprint density at radius 1 is 1.27 bits per heavy atom. The molecule has 0 amide bonds. The van der Waals surface area contributed by atoms with Crippen LogP contribution in [0.25, 0.3) is 11.3 Å². The average Bonchev–Trinajstić information content (AvgIpc) is 2.93. The van der Waals surface area contributed by atoms with Crippen molar-refractivity contribution in [1.29, 1.82) is 0 Å². The number of benzene rings is 1. The first kappa shape index (κ1) is 13.5. The Morgan fingerprint density at radius 3 is 2.73 bits per heavy atom. The number of nitrogens with two attached hydrogens (primary N) is 1. The number of anilines is 2. The van der Waals surface area contributed by atoms with E-state index in [0.717, 1.165) is 42.9 Å². The summed E-state index contributed by atoms with van der Waals surface area (Å²) in [6, 6.07) is 5.26. The molecule has 0 atom stereocenters. The van der Waals surface area contributed by atoms with Gasteiger partial charge in [0.1, 0.15) is 5.75 Å². The third kappa shape index (κ3) is 1.87. The first-order chi connectivity index (χ1) is 10.7. The van der Waals surface area contributed by atoms with Gasteiger partial charge >= 0.3 is 0 Å². The second-order valence-corrected chi connectivity index (χ2v) is 6.06. The lowest BCUT2D eigenvalue weighted by Gasteiger charge is -2.39. The molecule has 1 saturated heterocycles. The highest BCUT2D eigenvalue weighted by Crippen LogP contribution is 2.47. The Kier molecular flexibility index (Phi) is 3.00. The number of aromatic hydroxyl groups is 1. The minimum Gasteiger partial charge on any atom is -0.506 e. The van der Waals surface area contributed by atoms with Crippen molar-refractivity contribution in [2.45, 2.75) is 25.3 Å². The minimum absolute atomic E-state index is 0.0474. The maximum atomic E-state index is 9.66. The molecule has 116 valence electrons. The molecule has 0 radical (unpaired) electrons. The largest absolute Gasteiger partial charge is 0.506 e. The van der Waals surface area contributed by atoms with Crippen LogP contribution in [0.5, 0.6) is 5.75 Å². The highest BCUT2D eigenvalue weighted by Gasteiger charge is 2.37. The Balaban J connectivity index is 1.92. The molecule has 2 bridgehead atoms. The summed E-state index contributed by atoms with van der Waals surface area (Å²) in [5, 5.41) is 23.8. The van der Waals surface area contributed by atoms with E-state index in [4.69, 9.17) is 10.8 Å². The van der Waals surface area contributed by atoms with Crippen LogP contribution in [0.2, 0.25) is 0 Å². The molecule has 2 aromatic rings. The Hall–Kier alpha value is -2.21.